The van der Waals surface area contributed by atoms with Gasteiger partial charge in [-0.15, -0.1) is 0 Å². The molecule has 162 valence electrons. The third kappa shape index (κ3) is 5.44. The summed E-state index contributed by atoms with van der Waals surface area (Å²) in [5, 5.41) is 3.41. The molecule has 1 N–H and O–H groups in total. The Morgan fingerprint density at radius 3 is 2.57 bits per heavy atom. The Labute approximate surface area is 182 Å². The molecule has 1 aliphatic heterocycles. The van der Waals surface area contributed by atoms with Crippen molar-refractivity contribution in [1.29, 1.82) is 0 Å². The maximum Gasteiger partial charge on any atom is 0.228 e. The second-order valence-corrected chi connectivity index (χ2v) is 9.54. The van der Waals surface area contributed by atoms with Crippen LogP contribution in [0.3, 0.4) is 0 Å². The van der Waals surface area contributed by atoms with Crippen molar-refractivity contribution in [3.63, 3.8) is 0 Å². The summed E-state index contributed by atoms with van der Waals surface area (Å²) in [6, 6.07) is 11.8. The fourth-order valence-corrected chi connectivity index (χ4v) is 5.17. The van der Waals surface area contributed by atoms with E-state index in [2.05, 4.69) is 5.32 Å². The second kappa shape index (κ2) is 9.68. The van der Waals surface area contributed by atoms with Crippen LogP contribution in [0.25, 0.3) is 0 Å². The molecule has 30 heavy (non-hydrogen) atoms. The van der Waals surface area contributed by atoms with Gasteiger partial charge in [0.25, 0.3) is 0 Å². The zero-order chi connectivity index (χ0) is 21.7. The molecule has 1 fully saturated rings. The molecule has 2 aromatic carbocycles. The van der Waals surface area contributed by atoms with Gasteiger partial charge in [-0.25, -0.2) is 12.7 Å². The molecular weight excluding hydrogens is 428 g/mol. The van der Waals surface area contributed by atoms with Crippen molar-refractivity contribution in [1.82, 2.24) is 4.31 Å². The summed E-state index contributed by atoms with van der Waals surface area (Å²) in [5.74, 6) is 0.277. The Hall–Kier alpha value is -2.29. The molecule has 1 saturated heterocycles. The number of ether oxygens (including phenoxy) is 2. The van der Waals surface area contributed by atoms with Crippen molar-refractivity contribution in [3.05, 3.63) is 53.1 Å². The summed E-state index contributed by atoms with van der Waals surface area (Å²) in [6.45, 7) is 0.552. The lowest BCUT2D eigenvalue weighted by atomic mass is 9.98. The molecule has 1 atom stereocenters. The Kier molecular flexibility index (Phi) is 7.23. The van der Waals surface area contributed by atoms with Crippen molar-refractivity contribution in [2.24, 2.45) is 5.92 Å². The Morgan fingerprint density at radius 2 is 1.90 bits per heavy atom. The Bertz CT molecular complexity index is 995. The lowest BCUT2D eigenvalue weighted by Gasteiger charge is -2.31. The van der Waals surface area contributed by atoms with Gasteiger partial charge in [0.05, 0.1) is 31.6 Å². The summed E-state index contributed by atoms with van der Waals surface area (Å²) in [6.07, 6.45) is 1.23. The predicted octanol–water partition coefficient (Wildman–Crippen LogP) is 3.54. The van der Waals surface area contributed by atoms with Crippen LogP contribution in [0, 0.1) is 5.92 Å². The molecule has 2 aromatic rings. The standard InChI is InChI=1S/C21H25ClN2O5S/c1-28-18-9-10-20(29-2)19(12-18)23-21(25)16-4-3-11-24(13-16)30(26,27)14-15-5-7-17(22)8-6-15/h5-10,12,16H,3-4,11,13-14H2,1-2H3,(H,23,25)/t16-/m0/s1. The average Bonchev–Trinajstić information content (AvgIpc) is 2.75. The van der Waals surface area contributed by atoms with E-state index in [9.17, 15) is 13.2 Å². The Morgan fingerprint density at radius 1 is 1.17 bits per heavy atom. The molecule has 0 spiro atoms. The smallest absolute Gasteiger partial charge is 0.228 e. The van der Waals surface area contributed by atoms with E-state index < -0.39 is 15.9 Å². The molecule has 0 saturated carbocycles. The van der Waals surface area contributed by atoms with Crippen molar-refractivity contribution < 1.29 is 22.7 Å². The first kappa shape index (κ1) is 22.4. The van der Waals surface area contributed by atoms with Crippen molar-refractivity contribution >= 4 is 33.2 Å². The predicted molar refractivity (Wildman–Crippen MR) is 117 cm³/mol. The van der Waals surface area contributed by atoms with Crippen LogP contribution in [-0.2, 0) is 20.6 Å². The van der Waals surface area contributed by atoms with Gasteiger partial charge in [0.1, 0.15) is 11.5 Å². The minimum atomic E-state index is -3.55. The normalized spacial score (nSPS) is 17.4. The van der Waals surface area contributed by atoms with E-state index in [0.717, 1.165) is 0 Å². The number of halogens is 1. The van der Waals surface area contributed by atoms with Crippen molar-refractivity contribution in [2.45, 2.75) is 18.6 Å². The first-order valence-corrected chi connectivity index (χ1v) is 11.6. The number of sulfonamides is 1. The fourth-order valence-electron chi connectivity index (χ4n) is 3.44. The number of benzene rings is 2. The number of hydrogen-bond acceptors (Lipinski definition) is 5. The zero-order valence-corrected chi connectivity index (χ0v) is 18.5. The molecule has 1 amide bonds. The summed E-state index contributed by atoms with van der Waals surface area (Å²) >= 11 is 5.87. The quantitative estimate of drug-likeness (QED) is 0.694. The number of nitrogens with one attached hydrogen (secondary N) is 1. The summed E-state index contributed by atoms with van der Waals surface area (Å²) in [4.78, 5) is 12.9. The van der Waals surface area contributed by atoms with Gasteiger partial charge in [-0.3, -0.25) is 4.79 Å². The summed E-state index contributed by atoms with van der Waals surface area (Å²) in [7, 11) is -0.490. The number of anilines is 1. The number of nitrogens with zero attached hydrogens (tertiary/aromatic N) is 1. The number of carbonyl (C=O) groups excluding carboxylic acids is 1. The molecule has 7 nitrogen and oxygen atoms in total. The molecule has 0 bridgehead atoms. The number of hydrogen-bond donors (Lipinski definition) is 1. The highest BCUT2D eigenvalue weighted by Gasteiger charge is 2.32. The van der Waals surface area contributed by atoms with Crippen LogP contribution >= 0.6 is 11.6 Å². The van der Waals surface area contributed by atoms with Gasteiger partial charge < -0.3 is 14.8 Å². The van der Waals surface area contributed by atoms with Crippen LogP contribution in [0.1, 0.15) is 18.4 Å². The highest BCUT2D eigenvalue weighted by molar-refractivity contribution is 7.88. The van der Waals surface area contributed by atoms with Gasteiger partial charge in [-0.05, 0) is 42.7 Å². The molecule has 1 heterocycles. The van der Waals surface area contributed by atoms with E-state index in [1.165, 1.54) is 18.5 Å². The molecule has 0 unspecified atom stereocenters. The van der Waals surface area contributed by atoms with Crippen LogP contribution in [0.5, 0.6) is 11.5 Å². The minimum absolute atomic E-state index is 0.123. The molecular formula is C21H25ClN2O5S. The maximum absolute atomic E-state index is 12.9. The highest BCUT2D eigenvalue weighted by Crippen LogP contribution is 2.30. The molecule has 1 aliphatic rings. The average molecular weight is 453 g/mol. The van der Waals surface area contributed by atoms with E-state index in [1.807, 2.05) is 0 Å². The second-order valence-electron chi connectivity index (χ2n) is 7.14. The first-order chi connectivity index (χ1) is 14.3. The third-order valence-corrected chi connectivity index (χ3v) is 7.14. The lowest BCUT2D eigenvalue weighted by Crippen LogP contribution is -2.44. The number of amides is 1. The monoisotopic (exact) mass is 452 g/mol. The van der Waals surface area contributed by atoms with Gasteiger partial charge >= 0.3 is 0 Å². The molecule has 0 aromatic heterocycles. The van der Waals surface area contributed by atoms with E-state index in [-0.39, 0.29) is 18.2 Å². The van der Waals surface area contributed by atoms with E-state index in [1.54, 1.807) is 42.5 Å². The fraction of sp³-hybridized carbons (Fsp3) is 0.381. The molecule has 0 radical (unpaired) electrons. The third-order valence-electron chi connectivity index (χ3n) is 5.08. The van der Waals surface area contributed by atoms with E-state index >= 15 is 0 Å². The zero-order valence-electron chi connectivity index (χ0n) is 16.9. The number of carbonyl (C=O) groups is 1. The van der Waals surface area contributed by atoms with Crippen molar-refractivity contribution in [3.8, 4) is 11.5 Å². The van der Waals surface area contributed by atoms with Gasteiger partial charge in [-0.2, -0.15) is 0 Å². The molecule has 0 aliphatic carbocycles. The van der Waals surface area contributed by atoms with Crippen molar-refractivity contribution in [2.75, 3.05) is 32.6 Å². The molecule has 3 rings (SSSR count). The summed E-state index contributed by atoms with van der Waals surface area (Å²) in [5.41, 5.74) is 1.15. The van der Waals surface area contributed by atoms with E-state index in [0.29, 0.717) is 47.2 Å². The van der Waals surface area contributed by atoms with Gasteiger partial charge in [0.15, 0.2) is 0 Å². The Balaban J connectivity index is 1.69. The van der Waals surface area contributed by atoms with Crippen LogP contribution in [0.4, 0.5) is 5.69 Å². The lowest BCUT2D eigenvalue weighted by molar-refractivity contribution is -0.120. The van der Waals surface area contributed by atoms with Gasteiger partial charge in [0.2, 0.25) is 15.9 Å². The number of rotatable bonds is 7. The summed E-state index contributed by atoms with van der Waals surface area (Å²) < 4.78 is 37.7. The highest BCUT2D eigenvalue weighted by atomic mass is 35.5. The number of piperidine rings is 1. The maximum atomic E-state index is 12.9. The van der Waals surface area contributed by atoms with Gasteiger partial charge in [0, 0.05) is 24.2 Å². The van der Waals surface area contributed by atoms with Crippen LogP contribution in [0.15, 0.2) is 42.5 Å². The van der Waals surface area contributed by atoms with Gasteiger partial charge in [-0.1, -0.05) is 23.7 Å². The number of methoxy groups -OCH3 is 2. The SMILES string of the molecule is COc1ccc(OC)c(NC(=O)[C@H]2CCCN(S(=O)(=O)Cc3ccc(Cl)cc3)C2)c1. The largest absolute Gasteiger partial charge is 0.497 e. The first-order valence-electron chi connectivity index (χ1n) is 9.57. The molecule has 9 heteroatoms. The van der Waals surface area contributed by atoms with E-state index in [4.69, 9.17) is 21.1 Å². The van der Waals surface area contributed by atoms with Crippen LogP contribution in [-0.4, -0.2) is 45.9 Å². The van der Waals surface area contributed by atoms with Crippen LogP contribution < -0.4 is 14.8 Å². The minimum Gasteiger partial charge on any atom is -0.497 e. The van der Waals surface area contributed by atoms with Crippen LogP contribution in [0.2, 0.25) is 5.02 Å². The topological polar surface area (TPSA) is 84.9 Å².